The average Bonchev–Trinajstić information content (AvgIpc) is 3.10. The van der Waals surface area contributed by atoms with Gasteiger partial charge in [0, 0.05) is 30.5 Å². The normalized spacial score (nSPS) is 13.5. The highest BCUT2D eigenvalue weighted by Gasteiger charge is 2.40. The Bertz CT molecular complexity index is 1180. The molecule has 0 spiro atoms. The smallest absolute Gasteiger partial charge is 0.282 e. The summed E-state index contributed by atoms with van der Waals surface area (Å²) in [6, 6.07) is 24.0. The molecule has 1 aliphatic rings. The summed E-state index contributed by atoms with van der Waals surface area (Å²) in [5.41, 5.74) is 3.52. The molecule has 0 bridgehead atoms. The van der Waals surface area contributed by atoms with Gasteiger partial charge < -0.3 is 15.0 Å². The summed E-state index contributed by atoms with van der Waals surface area (Å²) < 4.78 is 5.30. The van der Waals surface area contributed by atoms with E-state index in [4.69, 9.17) is 4.74 Å². The van der Waals surface area contributed by atoms with E-state index in [1.165, 1.54) is 4.90 Å². The summed E-state index contributed by atoms with van der Waals surface area (Å²) >= 11 is 0. The molecule has 2 amide bonds. The van der Waals surface area contributed by atoms with Crippen LogP contribution in [-0.4, -0.2) is 32.0 Å². The standard InChI is InChI=1S/C27H27N3O3/c1-4-29(5-2)21-14-16-22(17-15-21)30-26(31)24(19-10-7-6-8-11-19)25(27(30)32)28-20-12-9-13-23(18-20)33-3/h6-18,28H,4-5H2,1-3H3. The van der Waals surface area contributed by atoms with Crippen LogP contribution in [-0.2, 0) is 9.59 Å². The number of carbonyl (C=O) groups is 2. The fourth-order valence-corrected chi connectivity index (χ4v) is 4.00. The van der Waals surface area contributed by atoms with Crippen molar-refractivity contribution in [3.63, 3.8) is 0 Å². The van der Waals surface area contributed by atoms with Crippen LogP contribution in [0.5, 0.6) is 5.75 Å². The molecular formula is C27H27N3O3. The summed E-state index contributed by atoms with van der Waals surface area (Å²) in [5.74, 6) is -0.0908. The van der Waals surface area contributed by atoms with Crippen LogP contribution in [0.25, 0.3) is 5.57 Å². The third-order valence-corrected chi connectivity index (χ3v) is 5.72. The maximum absolute atomic E-state index is 13.5. The van der Waals surface area contributed by atoms with Crippen molar-refractivity contribution in [1.29, 1.82) is 0 Å². The van der Waals surface area contributed by atoms with Crippen LogP contribution in [0.15, 0.2) is 84.6 Å². The van der Waals surface area contributed by atoms with E-state index in [2.05, 4.69) is 24.1 Å². The second-order valence-electron chi connectivity index (χ2n) is 7.61. The maximum atomic E-state index is 13.5. The molecule has 0 unspecified atom stereocenters. The number of imide groups is 1. The van der Waals surface area contributed by atoms with Crippen LogP contribution >= 0.6 is 0 Å². The van der Waals surface area contributed by atoms with Gasteiger partial charge in [-0.15, -0.1) is 0 Å². The largest absolute Gasteiger partial charge is 0.497 e. The van der Waals surface area contributed by atoms with Gasteiger partial charge in [-0.3, -0.25) is 9.59 Å². The molecule has 0 saturated heterocycles. The molecule has 0 aliphatic carbocycles. The van der Waals surface area contributed by atoms with E-state index in [0.717, 1.165) is 18.8 Å². The number of rotatable bonds is 8. The van der Waals surface area contributed by atoms with Crippen LogP contribution in [0.1, 0.15) is 19.4 Å². The third-order valence-electron chi connectivity index (χ3n) is 5.72. The Morgan fingerprint density at radius 2 is 1.55 bits per heavy atom. The zero-order valence-electron chi connectivity index (χ0n) is 19.0. The maximum Gasteiger partial charge on any atom is 0.282 e. The number of amides is 2. The van der Waals surface area contributed by atoms with E-state index in [1.54, 1.807) is 13.2 Å². The Hall–Kier alpha value is -4.06. The lowest BCUT2D eigenvalue weighted by Gasteiger charge is -2.22. The van der Waals surface area contributed by atoms with E-state index < -0.39 is 5.91 Å². The predicted octanol–water partition coefficient (Wildman–Crippen LogP) is 4.94. The molecule has 1 heterocycles. The van der Waals surface area contributed by atoms with Crippen LogP contribution in [0.2, 0.25) is 0 Å². The zero-order valence-corrected chi connectivity index (χ0v) is 19.0. The van der Waals surface area contributed by atoms with Crippen LogP contribution in [0.3, 0.4) is 0 Å². The number of hydrogen-bond acceptors (Lipinski definition) is 5. The highest BCUT2D eigenvalue weighted by atomic mass is 16.5. The second-order valence-corrected chi connectivity index (χ2v) is 7.61. The van der Waals surface area contributed by atoms with Gasteiger partial charge >= 0.3 is 0 Å². The van der Waals surface area contributed by atoms with E-state index >= 15 is 0 Å². The summed E-state index contributed by atoms with van der Waals surface area (Å²) in [4.78, 5) is 30.5. The van der Waals surface area contributed by atoms with Crippen molar-refractivity contribution in [3.05, 3.63) is 90.1 Å². The minimum Gasteiger partial charge on any atom is -0.497 e. The molecule has 1 N–H and O–H groups in total. The Morgan fingerprint density at radius 3 is 2.18 bits per heavy atom. The number of methoxy groups -OCH3 is 1. The van der Waals surface area contributed by atoms with Crippen LogP contribution in [0, 0.1) is 0 Å². The molecular weight excluding hydrogens is 414 g/mol. The molecule has 3 aromatic rings. The molecule has 33 heavy (non-hydrogen) atoms. The first-order chi connectivity index (χ1) is 16.1. The summed E-state index contributed by atoms with van der Waals surface area (Å²) in [5, 5.41) is 3.17. The van der Waals surface area contributed by atoms with Crippen LogP contribution < -0.4 is 19.9 Å². The van der Waals surface area contributed by atoms with Gasteiger partial charge in [0.25, 0.3) is 11.8 Å². The Labute approximate surface area is 194 Å². The first kappa shape index (κ1) is 22.1. The number of ether oxygens (including phenoxy) is 1. The second kappa shape index (κ2) is 9.61. The fourth-order valence-electron chi connectivity index (χ4n) is 4.00. The summed E-state index contributed by atoms with van der Waals surface area (Å²) in [6.45, 7) is 5.95. The van der Waals surface area contributed by atoms with E-state index in [1.807, 2.05) is 72.8 Å². The van der Waals surface area contributed by atoms with E-state index in [0.29, 0.717) is 28.3 Å². The third kappa shape index (κ3) is 4.32. The topological polar surface area (TPSA) is 61.9 Å². The molecule has 0 atom stereocenters. The number of hydrogen-bond donors (Lipinski definition) is 1. The van der Waals surface area contributed by atoms with Gasteiger partial charge in [-0.1, -0.05) is 36.4 Å². The lowest BCUT2D eigenvalue weighted by molar-refractivity contribution is -0.120. The molecule has 6 heteroatoms. The number of nitrogens with zero attached hydrogens (tertiary/aromatic N) is 2. The molecule has 168 valence electrons. The van der Waals surface area contributed by atoms with Gasteiger partial charge in [-0.05, 0) is 55.8 Å². The number of carbonyl (C=O) groups excluding carboxylic acids is 2. The fraction of sp³-hybridized carbons (Fsp3) is 0.185. The molecule has 0 fully saturated rings. The SMILES string of the molecule is CCN(CC)c1ccc(N2C(=O)C(Nc3cccc(OC)c3)=C(c3ccccc3)C2=O)cc1. The molecule has 6 nitrogen and oxygen atoms in total. The lowest BCUT2D eigenvalue weighted by Crippen LogP contribution is -2.32. The van der Waals surface area contributed by atoms with Crippen molar-refractivity contribution < 1.29 is 14.3 Å². The minimum atomic E-state index is -0.391. The average molecular weight is 442 g/mol. The quantitative estimate of drug-likeness (QED) is 0.502. The van der Waals surface area contributed by atoms with Gasteiger partial charge in [-0.2, -0.15) is 0 Å². The van der Waals surface area contributed by atoms with Crippen molar-refractivity contribution in [2.75, 3.05) is 35.3 Å². The van der Waals surface area contributed by atoms with Crippen molar-refractivity contribution in [2.45, 2.75) is 13.8 Å². The number of nitrogens with one attached hydrogen (secondary N) is 1. The predicted molar refractivity (Wildman–Crippen MR) is 132 cm³/mol. The zero-order chi connectivity index (χ0) is 23.4. The lowest BCUT2D eigenvalue weighted by atomic mass is 10.0. The molecule has 0 aromatic heterocycles. The van der Waals surface area contributed by atoms with Crippen LogP contribution in [0.4, 0.5) is 17.1 Å². The number of benzene rings is 3. The van der Waals surface area contributed by atoms with Gasteiger partial charge in [0.15, 0.2) is 0 Å². The number of anilines is 3. The Kier molecular flexibility index (Phi) is 6.45. The summed E-state index contributed by atoms with van der Waals surface area (Å²) in [7, 11) is 1.58. The van der Waals surface area contributed by atoms with Crippen molar-refractivity contribution >= 4 is 34.4 Å². The van der Waals surface area contributed by atoms with Gasteiger partial charge in [0.2, 0.25) is 0 Å². The molecule has 0 radical (unpaired) electrons. The van der Waals surface area contributed by atoms with Crippen molar-refractivity contribution in [1.82, 2.24) is 0 Å². The highest BCUT2D eigenvalue weighted by molar-refractivity contribution is 6.46. The summed E-state index contributed by atoms with van der Waals surface area (Å²) in [6.07, 6.45) is 0. The van der Waals surface area contributed by atoms with Crippen molar-refractivity contribution in [3.8, 4) is 5.75 Å². The Balaban J connectivity index is 1.73. The highest BCUT2D eigenvalue weighted by Crippen LogP contribution is 2.34. The molecule has 1 aliphatic heterocycles. The van der Waals surface area contributed by atoms with Gasteiger partial charge in [0.1, 0.15) is 11.4 Å². The minimum absolute atomic E-state index is 0.243. The molecule has 4 rings (SSSR count). The Morgan fingerprint density at radius 1 is 0.848 bits per heavy atom. The van der Waals surface area contributed by atoms with E-state index in [-0.39, 0.29) is 11.6 Å². The molecule has 3 aromatic carbocycles. The first-order valence-electron chi connectivity index (χ1n) is 11.0. The van der Waals surface area contributed by atoms with E-state index in [9.17, 15) is 9.59 Å². The monoisotopic (exact) mass is 441 g/mol. The van der Waals surface area contributed by atoms with Gasteiger partial charge in [0.05, 0.1) is 18.4 Å². The van der Waals surface area contributed by atoms with Crippen molar-refractivity contribution in [2.24, 2.45) is 0 Å². The van der Waals surface area contributed by atoms with Gasteiger partial charge in [-0.25, -0.2) is 4.90 Å². The molecule has 0 saturated carbocycles. The first-order valence-corrected chi connectivity index (χ1v) is 11.0.